The molecule has 1 aromatic rings. The minimum Gasteiger partial charge on any atom is -0.543 e. The summed E-state index contributed by atoms with van der Waals surface area (Å²) in [4.78, 5) is 12.2. The molecule has 0 aliphatic heterocycles. The molecule has 0 bridgehead atoms. The number of esters is 1. The van der Waals surface area contributed by atoms with Gasteiger partial charge in [-0.3, -0.25) is 0 Å². The maximum Gasteiger partial charge on any atom is 0.339 e. The van der Waals surface area contributed by atoms with E-state index in [1.807, 2.05) is 6.07 Å². The Bertz CT molecular complexity index is 595. The van der Waals surface area contributed by atoms with Gasteiger partial charge in [0.25, 0.3) is 0 Å². The number of halogens is 2. The third kappa shape index (κ3) is 4.31. The largest absolute Gasteiger partial charge is 0.543 e. The van der Waals surface area contributed by atoms with E-state index in [4.69, 9.17) is 13.9 Å². The maximum atomic E-state index is 12.2. The molecule has 0 amide bonds. The number of ether oxygens (including phenoxy) is 2. The lowest BCUT2D eigenvalue weighted by Gasteiger charge is -2.37. The zero-order valence-corrected chi connectivity index (χ0v) is 18.8. The van der Waals surface area contributed by atoms with Crippen LogP contribution in [0.3, 0.4) is 0 Å². The molecule has 0 N–H and O–H groups in total. The Balaban J connectivity index is 3.57. The second-order valence-electron chi connectivity index (χ2n) is 6.73. The number of carbonyl (C=O) groups excluding carboxylic acids is 1. The molecule has 0 fully saturated rings. The summed E-state index contributed by atoms with van der Waals surface area (Å²) >= 11 is 6.90. The molecule has 0 saturated carbocycles. The van der Waals surface area contributed by atoms with Gasteiger partial charge in [0.1, 0.15) is 11.5 Å². The number of hydrogen-bond acceptors (Lipinski definition) is 4. The van der Waals surface area contributed by atoms with E-state index in [1.165, 1.54) is 7.11 Å². The first-order valence-electron chi connectivity index (χ1n) is 7.22. The van der Waals surface area contributed by atoms with Crippen LogP contribution in [0.15, 0.2) is 10.5 Å². The predicted molar refractivity (Wildman–Crippen MR) is 102 cm³/mol. The number of hydrogen-bond donors (Lipinski definition) is 0. The Morgan fingerprint density at radius 3 is 2.17 bits per heavy atom. The van der Waals surface area contributed by atoms with E-state index in [0.29, 0.717) is 26.9 Å². The number of benzene rings is 1. The molecular formula is C16H24Br2O4Si. The van der Waals surface area contributed by atoms with Crippen molar-refractivity contribution in [2.45, 2.75) is 44.2 Å². The summed E-state index contributed by atoms with van der Waals surface area (Å²) in [5.41, 5.74) is 1.19. The number of carbonyl (C=O) groups is 1. The summed E-state index contributed by atoms with van der Waals surface area (Å²) in [6.45, 7) is 10.8. The van der Waals surface area contributed by atoms with E-state index in [0.717, 1.165) is 5.56 Å². The molecule has 1 aromatic carbocycles. The zero-order valence-electron chi connectivity index (χ0n) is 14.7. The van der Waals surface area contributed by atoms with E-state index in [1.54, 1.807) is 7.11 Å². The summed E-state index contributed by atoms with van der Waals surface area (Å²) in [6.07, 6.45) is 0. The summed E-state index contributed by atoms with van der Waals surface area (Å²) in [5.74, 6) is 0.781. The molecule has 0 aliphatic carbocycles. The first-order chi connectivity index (χ1) is 10.5. The van der Waals surface area contributed by atoms with E-state index < -0.39 is 14.3 Å². The molecular weight excluding hydrogens is 444 g/mol. The average Bonchev–Trinajstić information content (AvgIpc) is 2.45. The van der Waals surface area contributed by atoms with Gasteiger partial charge in [-0.2, -0.15) is 0 Å². The predicted octanol–water partition coefficient (Wildman–Crippen LogP) is 5.52. The molecule has 0 atom stereocenters. The van der Waals surface area contributed by atoms with Crippen molar-refractivity contribution in [2.24, 2.45) is 0 Å². The van der Waals surface area contributed by atoms with Crippen molar-refractivity contribution in [3.8, 4) is 11.5 Å². The van der Waals surface area contributed by atoms with Crippen molar-refractivity contribution in [3.63, 3.8) is 0 Å². The van der Waals surface area contributed by atoms with Gasteiger partial charge in [0, 0.05) is 17.0 Å². The lowest BCUT2D eigenvalue weighted by Crippen LogP contribution is -2.44. The Hall–Kier alpha value is -0.533. The van der Waals surface area contributed by atoms with E-state index in [2.05, 4.69) is 65.7 Å². The average molecular weight is 468 g/mol. The molecule has 23 heavy (non-hydrogen) atoms. The Morgan fingerprint density at radius 2 is 1.78 bits per heavy atom. The summed E-state index contributed by atoms with van der Waals surface area (Å²) in [6, 6.07) is 1.83. The quantitative estimate of drug-likeness (QED) is 0.324. The van der Waals surface area contributed by atoms with Gasteiger partial charge in [0.15, 0.2) is 0 Å². The topological polar surface area (TPSA) is 44.8 Å². The van der Waals surface area contributed by atoms with Crippen molar-refractivity contribution >= 4 is 46.1 Å². The van der Waals surface area contributed by atoms with Crippen LogP contribution in [-0.2, 0) is 10.1 Å². The molecule has 0 heterocycles. The standard InChI is InChI=1S/C16H24Br2O4Si/c1-16(2,3)23(6,7)22-11-8-12(20-4)14(18)13(10(11)9-17)15(19)21-5/h8H,9H2,1-7H3. The van der Waals surface area contributed by atoms with Crippen molar-refractivity contribution in [3.05, 3.63) is 21.7 Å². The van der Waals surface area contributed by atoms with Crippen LogP contribution in [0.1, 0.15) is 36.7 Å². The Morgan fingerprint density at radius 1 is 1.22 bits per heavy atom. The van der Waals surface area contributed by atoms with Gasteiger partial charge in [-0.15, -0.1) is 0 Å². The van der Waals surface area contributed by atoms with Crippen LogP contribution in [0, 0.1) is 0 Å². The molecule has 0 aliphatic rings. The first-order valence-corrected chi connectivity index (χ1v) is 12.0. The highest BCUT2D eigenvalue weighted by molar-refractivity contribution is 9.10. The SMILES string of the molecule is COC(=O)c1c(Br)c(OC)cc(O[Si](C)(C)C(C)(C)C)c1CBr. The monoisotopic (exact) mass is 466 g/mol. The highest BCUT2D eigenvalue weighted by atomic mass is 79.9. The van der Waals surface area contributed by atoms with Gasteiger partial charge < -0.3 is 13.9 Å². The van der Waals surface area contributed by atoms with Crippen LogP contribution < -0.4 is 9.16 Å². The normalized spacial score (nSPS) is 12.0. The van der Waals surface area contributed by atoms with Gasteiger partial charge in [0.05, 0.1) is 24.3 Å². The lowest BCUT2D eigenvalue weighted by molar-refractivity contribution is 0.0598. The summed E-state index contributed by atoms with van der Waals surface area (Å²) in [7, 11) is 0.864. The van der Waals surface area contributed by atoms with Crippen molar-refractivity contribution < 1.29 is 18.7 Å². The third-order valence-electron chi connectivity index (χ3n) is 4.21. The fourth-order valence-electron chi connectivity index (χ4n) is 1.76. The lowest BCUT2D eigenvalue weighted by atomic mass is 10.1. The van der Waals surface area contributed by atoms with E-state index >= 15 is 0 Å². The highest BCUT2D eigenvalue weighted by Gasteiger charge is 2.40. The fourth-order valence-corrected chi connectivity index (χ4v) is 4.04. The molecule has 0 radical (unpaired) electrons. The summed E-state index contributed by atoms with van der Waals surface area (Å²) < 4.78 is 17.3. The second kappa shape index (κ2) is 7.57. The van der Waals surface area contributed by atoms with Crippen LogP contribution in [-0.4, -0.2) is 28.5 Å². The summed E-state index contributed by atoms with van der Waals surface area (Å²) in [5, 5.41) is 0.520. The molecule has 1 rings (SSSR count). The number of rotatable bonds is 5. The van der Waals surface area contributed by atoms with Gasteiger partial charge >= 0.3 is 5.97 Å². The van der Waals surface area contributed by atoms with E-state index in [9.17, 15) is 4.79 Å². The zero-order chi connectivity index (χ0) is 18.0. The van der Waals surface area contributed by atoms with Crippen LogP contribution in [0.2, 0.25) is 18.1 Å². The number of methoxy groups -OCH3 is 2. The first kappa shape index (κ1) is 20.5. The smallest absolute Gasteiger partial charge is 0.339 e. The molecule has 0 aromatic heterocycles. The Labute approximate surface area is 156 Å². The van der Waals surface area contributed by atoms with Gasteiger partial charge in [-0.05, 0) is 34.1 Å². The highest BCUT2D eigenvalue weighted by Crippen LogP contribution is 2.43. The van der Waals surface area contributed by atoms with Gasteiger partial charge in [0.2, 0.25) is 8.32 Å². The van der Waals surface area contributed by atoms with Crippen LogP contribution in [0.5, 0.6) is 11.5 Å². The van der Waals surface area contributed by atoms with Crippen molar-refractivity contribution in [1.82, 2.24) is 0 Å². The second-order valence-corrected chi connectivity index (χ2v) is 12.8. The molecule has 130 valence electrons. The van der Waals surface area contributed by atoms with Gasteiger partial charge in [-0.1, -0.05) is 36.7 Å². The molecule has 4 nitrogen and oxygen atoms in total. The molecule has 0 spiro atoms. The molecule has 0 unspecified atom stereocenters. The fraction of sp³-hybridized carbons (Fsp3) is 0.562. The van der Waals surface area contributed by atoms with Gasteiger partial charge in [-0.25, -0.2) is 4.79 Å². The van der Waals surface area contributed by atoms with Crippen LogP contribution in [0.25, 0.3) is 0 Å². The third-order valence-corrected chi connectivity index (χ3v) is 9.90. The van der Waals surface area contributed by atoms with Crippen molar-refractivity contribution in [1.29, 1.82) is 0 Å². The van der Waals surface area contributed by atoms with Crippen LogP contribution >= 0.6 is 31.9 Å². The molecule has 0 saturated heterocycles. The number of alkyl halides is 1. The molecule has 7 heteroatoms. The van der Waals surface area contributed by atoms with Crippen LogP contribution in [0.4, 0.5) is 0 Å². The van der Waals surface area contributed by atoms with E-state index in [-0.39, 0.29) is 5.04 Å². The minimum atomic E-state index is -2.06. The Kier molecular flexibility index (Phi) is 6.75. The minimum absolute atomic E-state index is 0.0440. The van der Waals surface area contributed by atoms with Crippen molar-refractivity contribution in [2.75, 3.05) is 14.2 Å². The maximum absolute atomic E-state index is 12.2.